The first-order valence-corrected chi connectivity index (χ1v) is 7.34. The third-order valence-corrected chi connectivity index (χ3v) is 4.22. The van der Waals surface area contributed by atoms with E-state index in [-0.39, 0.29) is 0 Å². The second-order valence-electron chi connectivity index (χ2n) is 5.60. The van der Waals surface area contributed by atoms with E-state index in [0.29, 0.717) is 6.54 Å². The topological polar surface area (TPSA) is 55.2 Å². The van der Waals surface area contributed by atoms with E-state index < -0.39 is 0 Å². The molecule has 0 amide bonds. The van der Waals surface area contributed by atoms with Crippen molar-refractivity contribution in [3.05, 3.63) is 10.4 Å². The molecule has 0 radical (unpaired) electrons. The van der Waals surface area contributed by atoms with Crippen molar-refractivity contribution in [2.45, 2.75) is 32.1 Å². The van der Waals surface area contributed by atoms with Crippen molar-refractivity contribution in [1.29, 1.82) is 0 Å². The molecule has 5 heteroatoms. The highest BCUT2D eigenvalue weighted by Gasteiger charge is 2.22. The van der Waals surface area contributed by atoms with Gasteiger partial charge in [0.2, 0.25) is 0 Å². The zero-order valence-electron chi connectivity index (χ0n) is 11.3. The lowest BCUT2D eigenvalue weighted by atomic mass is 9.96. The van der Waals surface area contributed by atoms with Crippen LogP contribution in [0.3, 0.4) is 0 Å². The number of likely N-dealkylation sites (tertiary alicyclic amines) is 2. The average molecular weight is 251 g/mol. The van der Waals surface area contributed by atoms with Crippen LogP contribution in [0.1, 0.15) is 32.1 Å². The fraction of sp³-hybridized carbons (Fsp3) is 1.00. The molecule has 0 aromatic rings. The molecule has 0 aromatic heterocycles. The Morgan fingerprint density at radius 1 is 1.06 bits per heavy atom. The molecule has 2 aliphatic rings. The molecule has 0 aromatic carbocycles. The SMILES string of the molecule is [N-]=[N+]=NCCCN1CCC(CN2CCCC2)CC1. The minimum absolute atomic E-state index is 0.643. The largest absolute Gasteiger partial charge is 0.303 e. The summed E-state index contributed by atoms with van der Waals surface area (Å²) in [4.78, 5) is 7.95. The molecule has 2 rings (SSSR count). The monoisotopic (exact) mass is 251 g/mol. The second-order valence-corrected chi connectivity index (χ2v) is 5.60. The van der Waals surface area contributed by atoms with Crippen LogP contribution >= 0.6 is 0 Å². The third-order valence-electron chi connectivity index (χ3n) is 4.22. The van der Waals surface area contributed by atoms with Crippen molar-refractivity contribution in [3.63, 3.8) is 0 Å². The van der Waals surface area contributed by atoms with Gasteiger partial charge in [-0.1, -0.05) is 5.11 Å². The van der Waals surface area contributed by atoms with Crippen molar-refractivity contribution in [1.82, 2.24) is 9.80 Å². The number of hydrogen-bond donors (Lipinski definition) is 0. The Balaban J connectivity index is 1.57. The molecule has 0 N–H and O–H groups in total. The average Bonchev–Trinajstić information content (AvgIpc) is 2.89. The van der Waals surface area contributed by atoms with Gasteiger partial charge in [0.05, 0.1) is 0 Å². The summed E-state index contributed by atoms with van der Waals surface area (Å²) in [5.74, 6) is 0.913. The minimum Gasteiger partial charge on any atom is -0.303 e. The Morgan fingerprint density at radius 3 is 2.44 bits per heavy atom. The maximum atomic E-state index is 8.21. The van der Waals surface area contributed by atoms with Gasteiger partial charge in [-0.2, -0.15) is 0 Å². The highest BCUT2D eigenvalue weighted by molar-refractivity contribution is 4.77. The van der Waals surface area contributed by atoms with Crippen LogP contribution in [0.4, 0.5) is 0 Å². The van der Waals surface area contributed by atoms with Crippen molar-refractivity contribution < 1.29 is 0 Å². The van der Waals surface area contributed by atoms with Gasteiger partial charge in [0, 0.05) is 18.0 Å². The molecule has 18 heavy (non-hydrogen) atoms. The van der Waals surface area contributed by atoms with E-state index in [2.05, 4.69) is 19.8 Å². The number of hydrogen-bond acceptors (Lipinski definition) is 3. The standard InChI is InChI=1S/C13H25N5/c14-16-15-6-3-9-17-10-4-13(5-11-17)12-18-7-1-2-8-18/h13H,1-12H2. The van der Waals surface area contributed by atoms with Crippen molar-refractivity contribution >= 4 is 0 Å². The van der Waals surface area contributed by atoms with Gasteiger partial charge in [-0.25, -0.2) is 0 Å². The summed E-state index contributed by atoms with van der Waals surface area (Å²) in [6, 6.07) is 0. The lowest BCUT2D eigenvalue weighted by Crippen LogP contribution is -2.38. The van der Waals surface area contributed by atoms with Crippen molar-refractivity contribution in [2.75, 3.05) is 45.8 Å². The van der Waals surface area contributed by atoms with Crippen LogP contribution in [0, 0.1) is 5.92 Å². The van der Waals surface area contributed by atoms with Crippen LogP contribution < -0.4 is 0 Å². The zero-order chi connectivity index (χ0) is 12.6. The number of azide groups is 1. The summed E-state index contributed by atoms with van der Waals surface area (Å²) in [6.07, 6.45) is 6.49. The van der Waals surface area contributed by atoms with Gasteiger partial charge in [-0.3, -0.25) is 0 Å². The van der Waals surface area contributed by atoms with E-state index in [9.17, 15) is 0 Å². The third kappa shape index (κ3) is 4.48. The maximum absolute atomic E-state index is 8.21. The van der Waals surface area contributed by atoms with E-state index in [0.717, 1.165) is 18.9 Å². The molecule has 0 spiro atoms. The molecule has 0 saturated carbocycles. The summed E-state index contributed by atoms with van der Waals surface area (Å²) < 4.78 is 0. The first-order valence-electron chi connectivity index (χ1n) is 7.34. The van der Waals surface area contributed by atoms with E-state index in [1.807, 2.05) is 0 Å². The van der Waals surface area contributed by atoms with Gasteiger partial charge < -0.3 is 9.80 Å². The van der Waals surface area contributed by atoms with E-state index >= 15 is 0 Å². The predicted octanol–water partition coefficient (Wildman–Crippen LogP) is 2.49. The minimum atomic E-state index is 0.643. The smallest absolute Gasteiger partial charge is 0.0270 e. The molecule has 2 fully saturated rings. The zero-order valence-corrected chi connectivity index (χ0v) is 11.3. The normalized spacial score (nSPS) is 23.1. The summed E-state index contributed by atoms with van der Waals surface area (Å²) in [5, 5.41) is 3.59. The number of nitrogens with zero attached hydrogens (tertiary/aromatic N) is 5. The van der Waals surface area contributed by atoms with Crippen molar-refractivity contribution in [2.24, 2.45) is 11.0 Å². The lowest BCUT2D eigenvalue weighted by molar-refractivity contribution is 0.153. The Labute approximate surface area is 110 Å². The summed E-state index contributed by atoms with van der Waals surface area (Å²) in [5.41, 5.74) is 8.21. The Morgan fingerprint density at radius 2 is 1.78 bits per heavy atom. The van der Waals surface area contributed by atoms with Gasteiger partial charge in [0.1, 0.15) is 0 Å². The summed E-state index contributed by atoms with van der Waals surface area (Å²) in [7, 11) is 0. The Kier molecular flexibility index (Phi) is 5.78. The van der Waals surface area contributed by atoms with E-state index in [4.69, 9.17) is 5.53 Å². The van der Waals surface area contributed by atoms with Crippen LogP contribution in [-0.4, -0.2) is 55.6 Å². The van der Waals surface area contributed by atoms with E-state index in [1.54, 1.807) is 0 Å². The van der Waals surface area contributed by atoms with Crippen LogP contribution in [0.2, 0.25) is 0 Å². The molecule has 102 valence electrons. The Hall–Kier alpha value is -0.770. The fourth-order valence-electron chi connectivity index (χ4n) is 3.13. The van der Waals surface area contributed by atoms with E-state index in [1.165, 1.54) is 58.4 Å². The number of rotatable bonds is 6. The first-order chi connectivity index (χ1) is 8.88. The molecule has 0 atom stereocenters. The quantitative estimate of drug-likeness (QED) is 0.315. The molecule has 2 saturated heterocycles. The summed E-state index contributed by atoms with van der Waals surface area (Å²) >= 11 is 0. The number of piperidine rings is 1. The second kappa shape index (κ2) is 7.62. The first kappa shape index (κ1) is 13.7. The molecule has 0 bridgehead atoms. The van der Waals surface area contributed by atoms with Gasteiger partial charge in [0.15, 0.2) is 0 Å². The summed E-state index contributed by atoms with van der Waals surface area (Å²) in [6.45, 7) is 8.18. The highest BCUT2D eigenvalue weighted by Crippen LogP contribution is 2.20. The van der Waals surface area contributed by atoms with Crippen LogP contribution in [0.25, 0.3) is 10.4 Å². The molecular formula is C13H25N5. The lowest BCUT2D eigenvalue weighted by Gasteiger charge is -2.33. The van der Waals surface area contributed by atoms with Gasteiger partial charge in [-0.05, 0) is 76.3 Å². The Bertz CT molecular complexity index is 273. The molecule has 0 aliphatic carbocycles. The molecule has 2 heterocycles. The van der Waals surface area contributed by atoms with Crippen LogP contribution in [-0.2, 0) is 0 Å². The van der Waals surface area contributed by atoms with Crippen LogP contribution in [0.15, 0.2) is 5.11 Å². The molecule has 2 aliphatic heterocycles. The predicted molar refractivity (Wildman–Crippen MR) is 73.5 cm³/mol. The van der Waals surface area contributed by atoms with Gasteiger partial charge in [-0.15, -0.1) is 0 Å². The highest BCUT2D eigenvalue weighted by atomic mass is 15.2. The molecular weight excluding hydrogens is 226 g/mol. The fourth-order valence-corrected chi connectivity index (χ4v) is 3.13. The molecule has 0 unspecified atom stereocenters. The molecule has 5 nitrogen and oxygen atoms in total. The van der Waals surface area contributed by atoms with Crippen molar-refractivity contribution in [3.8, 4) is 0 Å². The van der Waals surface area contributed by atoms with Gasteiger partial charge >= 0.3 is 0 Å². The maximum Gasteiger partial charge on any atom is 0.0270 e. The van der Waals surface area contributed by atoms with Crippen LogP contribution in [0.5, 0.6) is 0 Å². The van der Waals surface area contributed by atoms with Gasteiger partial charge in [0.25, 0.3) is 0 Å².